The van der Waals surface area contributed by atoms with Gasteiger partial charge in [0.15, 0.2) is 0 Å². The zero-order chi connectivity index (χ0) is 23.4. The van der Waals surface area contributed by atoms with Crippen LogP contribution in [0.1, 0.15) is 29.0 Å². The molecule has 2 N–H and O–H groups in total. The van der Waals surface area contributed by atoms with Crippen molar-refractivity contribution < 1.29 is 24.4 Å². The summed E-state index contributed by atoms with van der Waals surface area (Å²) < 4.78 is 5.51. The molecule has 8 nitrogen and oxygen atoms in total. The van der Waals surface area contributed by atoms with Gasteiger partial charge in [0, 0.05) is 24.1 Å². The van der Waals surface area contributed by atoms with Crippen LogP contribution in [-0.4, -0.2) is 34.7 Å². The van der Waals surface area contributed by atoms with Crippen molar-refractivity contribution in [1.82, 2.24) is 5.32 Å². The Hall–Kier alpha value is -4.20. The highest BCUT2D eigenvalue weighted by Crippen LogP contribution is 2.44. The summed E-state index contributed by atoms with van der Waals surface area (Å²) >= 11 is 0. The number of fused-ring (bicyclic) bond motifs is 3. The summed E-state index contributed by atoms with van der Waals surface area (Å²) in [5.74, 6) is -1.17. The van der Waals surface area contributed by atoms with Crippen molar-refractivity contribution in [2.75, 3.05) is 6.61 Å². The number of hydrogen-bond donors (Lipinski definition) is 2. The Kier molecular flexibility index (Phi) is 6.35. The summed E-state index contributed by atoms with van der Waals surface area (Å²) in [7, 11) is 0. The Bertz CT molecular complexity index is 1150. The third-order valence-corrected chi connectivity index (χ3v) is 5.72. The smallest absolute Gasteiger partial charge is 0.407 e. The molecule has 0 radical (unpaired) electrons. The number of nitro benzene ring substituents is 1. The predicted molar refractivity (Wildman–Crippen MR) is 121 cm³/mol. The summed E-state index contributed by atoms with van der Waals surface area (Å²) in [6, 6.07) is 21.0. The fourth-order valence-electron chi connectivity index (χ4n) is 4.23. The van der Waals surface area contributed by atoms with Crippen LogP contribution in [-0.2, 0) is 16.0 Å². The lowest BCUT2D eigenvalue weighted by Gasteiger charge is -2.19. The maximum Gasteiger partial charge on any atom is 0.407 e. The van der Waals surface area contributed by atoms with Crippen LogP contribution < -0.4 is 5.32 Å². The van der Waals surface area contributed by atoms with Crippen LogP contribution >= 0.6 is 0 Å². The number of hydrogen-bond acceptors (Lipinski definition) is 5. The normalized spacial score (nSPS) is 13.0. The van der Waals surface area contributed by atoms with Crippen LogP contribution in [0.5, 0.6) is 0 Å². The van der Waals surface area contributed by atoms with Crippen molar-refractivity contribution in [2.24, 2.45) is 0 Å². The van der Waals surface area contributed by atoms with Crippen LogP contribution in [0.25, 0.3) is 11.1 Å². The number of aliphatic carboxylic acids is 1. The summed E-state index contributed by atoms with van der Waals surface area (Å²) in [5, 5.41) is 22.7. The minimum atomic E-state index is -1.07. The SMILES string of the molecule is O=C(O)C[C@@H](Cc1ccc([N+](=O)[O-])cc1)NC(=O)OCC1c2ccccc2-c2ccccc21. The minimum absolute atomic E-state index is 0.0574. The standard InChI is InChI=1S/C25H22N2O6/c28-24(29)14-17(13-16-9-11-18(12-10-16)27(31)32)26-25(30)33-15-23-21-7-3-1-5-19(21)20-6-2-4-8-22(20)23/h1-12,17,23H,13-15H2,(H,26,30)(H,28,29)/t17-/m1/s1. The van der Waals surface area contributed by atoms with Gasteiger partial charge in [-0.25, -0.2) is 4.79 Å². The van der Waals surface area contributed by atoms with Crippen molar-refractivity contribution in [3.05, 3.63) is 99.6 Å². The van der Waals surface area contributed by atoms with E-state index in [0.29, 0.717) is 5.56 Å². The van der Waals surface area contributed by atoms with E-state index in [-0.39, 0.29) is 31.1 Å². The van der Waals surface area contributed by atoms with Gasteiger partial charge < -0.3 is 15.2 Å². The highest BCUT2D eigenvalue weighted by Gasteiger charge is 2.29. The molecule has 168 valence electrons. The number of rotatable bonds is 8. The van der Waals surface area contributed by atoms with E-state index in [0.717, 1.165) is 22.3 Å². The second-order valence-corrected chi connectivity index (χ2v) is 7.89. The number of amides is 1. The molecular formula is C25H22N2O6. The Morgan fingerprint density at radius 3 is 2.09 bits per heavy atom. The summed E-state index contributed by atoms with van der Waals surface area (Å²) in [4.78, 5) is 34.1. The van der Waals surface area contributed by atoms with E-state index in [1.807, 2.05) is 48.5 Å². The lowest BCUT2D eigenvalue weighted by Crippen LogP contribution is -2.39. The van der Waals surface area contributed by atoms with Crippen LogP contribution in [0.4, 0.5) is 10.5 Å². The number of nitrogens with one attached hydrogen (secondary N) is 1. The Morgan fingerprint density at radius 2 is 1.55 bits per heavy atom. The number of carboxylic acid groups (broad SMARTS) is 1. The molecule has 3 aromatic rings. The lowest BCUT2D eigenvalue weighted by molar-refractivity contribution is -0.384. The quantitative estimate of drug-likeness (QED) is 0.388. The number of ether oxygens (including phenoxy) is 1. The molecule has 1 atom stereocenters. The zero-order valence-electron chi connectivity index (χ0n) is 17.6. The van der Waals surface area contributed by atoms with E-state index in [2.05, 4.69) is 5.32 Å². The number of nitrogens with zero attached hydrogens (tertiary/aromatic N) is 1. The van der Waals surface area contributed by atoms with E-state index >= 15 is 0 Å². The Morgan fingerprint density at radius 1 is 0.970 bits per heavy atom. The molecule has 0 fully saturated rings. The second kappa shape index (κ2) is 9.52. The van der Waals surface area contributed by atoms with Crippen molar-refractivity contribution in [2.45, 2.75) is 24.8 Å². The molecule has 0 saturated heterocycles. The number of nitro groups is 1. The van der Waals surface area contributed by atoms with Gasteiger partial charge in [-0.3, -0.25) is 14.9 Å². The fraction of sp³-hybridized carbons (Fsp3) is 0.200. The average Bonchev–Trinajstić information content (AvgIpc) is 3.11. The van der Waals surface area contributed by atoms with Gasteiger partial charge >= 0.3 is 12.1 Å². The molecule has 0 spiro atoms. The van der Waals surface area contributed by atoms with E-state index in [1.165, 1.54) is 12.1 Å². The fourth-order valence-corrected chi connectivity index (χ4v) is 4.23. The minimum Gasteiger partial charge on any atom is -0.481 e. The molecule has 1 amide bonds. The molecule has 0 unspecified atom stereocenters. The molecular weight excluding hydrogens is 424 g/mol. The molecule has 1 aliphatic carbocycles. The number of carbonyl (C=O) groups excluding carboxylic acids is 1. The number of carbonyl (C=O) groups is 2. The molecule has 0 aliphatic heterocycles. The molecule has 8 heteroatoms. The van der Waals surface area contributed by atoms with Crippen LogP contribution in [0, 0.1) is 10.1 Å². The van der Waals surface area contributed by atoms with E-state index in [9.17, 15) is 24.8 Å². The van der Waals surface area contributed by atoms with Gasteiger partial charge in [-0.15, -0.1) is 0 Å². The van der Waals surface area contributed by atoms with Gasteiger partial charge in [-0.2, -0.15) is 0 Å². The molecule has 0 bridgehead atoms. The average molecular weight is 446 g/mol. The predicted octanol–water partition coefficient (Wildman–Crippen LogP) is 4.52. The maximum absolute atomic E-state index is 12.5. The molecule has 3 aromatic carbocycles. The molecule has 33 heavy (non-hydrogen) atoms. The molecule has 4 rings (SSSR count). The van der Waals surface area contributed by atoms with Crippen molar-refractivity contribution in [1.29, 1.82) is 0 Å². The van der Waals surface area contributed by atoms with Crippen LogP contribution in [0.3, 0.4) is 0 Å². The first-order chi connectivity index (χ1) is 15.9. The van der Waals surface area contributed by atoms with Crippen molar-refractivity contribution in [3.8, 4) is 11.1 Å². The Labute approximate surface area is 190 Å². The lowest BCUT2D eigenvalue weighted by atomic mass is 9.98. The highest BCUT2D eigenvalue weighted by atomic mass is 16.6. The molecule has 0 aromatic heterocycles. The van der Waals surface area contributed by atoms with Crippen LogP contribution in [0.2, 0.25) is 0 Å². The molecule has 0 saturated carbocycles. The van der Waals surface area contributed by atoms with E-state index < -0.39 is 23.0 Å². The largest absolute Gasteiger partial charge is 0.481 e. The third kappa shape index (κ3) is 5.01. The van der Waals surface area contributed by atoms with Gasteiger partial charge in [0.05, 0.1) is 11.3 Å². The summed E-state index contributed by atoms with van der Waals surface area (Å²) in [6.45, 7) is 0.122. The third-order valence-electron chi connectivity index (χ3n) is 5.72. The highest BCUT2D eigenvalue weighted by molar-refractivity contribution is 5.79. The monoisotopic (exact) mass is 446 g/mol. The van der Waals surface area contributed by atoms with Crippen molar-refractivity contribution in [3.63, 3.8) is 0 Å². The zero-order valence-corrected chi connectivity index (χ0v) is 17.6. The van der Waals surface area contributed by atoms with Gasteiger partial charge in [0.25, 0.3) is 5.69 Å². The Balaban J connectivity index is 1.42. The number of non-ortho nitro benzene ring substituents is 1. The van der Waals surface area contributed by atoms with Gasteiger partial charge in [0.1, 0.15) is 6.61 Å². The topological polar surface area (TPSA) is 119 Å². The van der Waals surface area contributed by atoms with Gasteiger partial charge in [-0.1, -0.05) is 60.7 Å². The second-order valence-electron chi connectivity index (χ2n) is 7.89. The number of benzene rings is 3. The van der Waals surface area contributed by atoms with Crippen molar-refractivity contribution >= 4 is 17.7 Å². The van der Waals surface area contributed by atoms with E-state index in [1.54, 1.807) is 12.1 Å². The van der Waals surface area contributed by atoms with Crippen LogP contribution in [0.15, 0.2) is 72.8 Å². The first kappa shape index (κ1) is 22.0. The van der Waals surface area contributed by atoms with Gasteiger partial charge in [0.2, 0.25) is 0 Å². The first-order valence-electron chi connectivity index (χ1n) is 10.5. The molecule has 0 heterocycles. The molecule has 1 aliphatic rings. The summed E-state index contributed by atoms with van der Waals surface area (Å²) in [6.07, 6.45) is -0.805. The van der Waals surface area contributed by atoms with E-state index in [4.69, 9.17) is 4.74 Å². The van der Waals surface area contributed by atoms with Gasteiger partial charge in [-0.05, 0) is 34.2 Å². The first-order valence-corrected chi connectivity index (χ1v) is 10.5. The maximum atomic E-state index is 12.5. The summed E-state index contributed by atoms with van der Waals surface area (Å²) in [5.41, 5.74) is 5.01. The number of carboxylic acids is 1. The number of alkyl carbamates (subject to hydrolysis) is 1.